The summed E-state index contributed by atoms with van der Waals surface area (Å²) >= 11 is 0. The molecule has 31 heavy (non-hydrogen) atoms. The van der Waals surface area contributed by atoms with Gasteiger partial charge in [-0.15, -0.1) is 0 Å². The van der Waals surface area contributed by atoms with Crippen molar-refractivity contribution in [2.24, 2.45) is 0 Å². The van der Waals surface area contributed by atoms with Gasteiger partial charge in [-0.05, 0) is 11.1 Å². The fourth-order valence-corrected chi connectivity index (χ4v) is 6.31. The fourth-order valence-electron chi connectivity index (χ4n) is 6.31. The van der Waals surface area contributed by atoms with Gasteiger partial charge in [0.2, 0.25) is 0 Å². The summed E-state index contributed by atoms with van der Waals surface area (Å²) in [6.07, 6.45) is -5.23. The van der Waals surface area contributed by atoms with Crippen LogP contribution in [0.1, 0.15) is 11.1 Å². The van der Waals surface area contributed by atoms with Crippen LogP contribution in [0.5, 0.6) is 0 Å². The van der Waals surface area contributed by atoms with Crippen molar-refractivity contribution in [1.29, 1.82) is 0 Å². The van der Waals surface area contributed by atoms with Crippen LogP contribution < -0.4 is 0 Å². The van der Waals surface area contributed by atoms with E-state index in [-0.39, 0.29) is 0 Å². The Morgan fingerprint density at radius 2 is 1.19 bits per heavy atom. The Balaban J connectivity index is 1.59. The number of hydrogen-bond acceptors (Lipinski definition) is 7. The van der Waals surface area contributed by atoms with Crippen molar-refractivity contribution in [3.05, 3.63) is 71.8 Å². The van der Waals surface area contributed by atoms with Gasteiger partial charge in [-0.2, -0.15) is 0 Å². The van der Waals surface area contributed by atoms with E-state index in [4.69, 9.17) is 0 Å². The van der Waals surface area contributed by atoms with Crippen LogP contribution in [-0.4, -0.2) is 98.7 Å². The average molecular weight is 427 g/mol. The van der Waals surface area contributed by atoms with Crippen molar-refractivity contribution in [2.75, 3.05) is 32.8 Å². The van der Waals surface area contributed by atoms with E-state index < -0.39 is 48.0 Å². The Kier molecular flexibility index (Phi) is 5.18. The molecule has 0 aromatic heterocycles. The summed E-state index contributed by atoms with van der Waals surface area (Å²) < 4.78 is 0. The molecule has 4 fully saturated rings. The van der Waals surface area contributed by atoms with E-state index in [0.717, 1.165) is 11.1 Å². The second-order valence-corrected chi connectivity index (χ2v) is 9.40. The Morgan fingerprint density at radius 3 is 1.58 bits per heavy atom. The molecule has 0 spiro atoms. The highest BCUT2D eigenvalue weighted by atomic mass is 16.4. The van der Waals surface area contributed by atoms with Gasteiger partial charge in [-0.1, -0.05) is 60.7 Å². The highest BCUT2D eigenvalue weighted by Crippen LogP contribution is 2.53. The number of piperidine rings is 2. The number of benzene rings is 2. The van der Waals surface area contributed by atoms with Gasteiger partial charge < -0.3 is 25.5 Å². The summed E-state index contributed by atoms with van der Waals surface area (Å²) in [6, 6.07) is 20.0. The minimum Gasteiger partial charge on any atom is -0.394 e. The minimum absolute atomic E-state index is 0.502. The lowest BCUT2D eigenvalue weighted by molar-refractivity contribution is -0.241. The van der Waals surface area contributed by atoms with Crippen LogP contribution >= 0.6 is 0 Å². The van der Waals surface area contributed by atoms with E-state index in [1.54, 1.807) is 0 Å². The molecule has 4 aliphatic heterocycles. The van der Waals surface area contributed by atoms with Crippen molar-refractivity contribution in [3.63, 3.8) is 0 Å². The maximum absolute atomic E-state index is 11.9. The summed E-state index contributed by atoms with van der Waals surface area (Å²) in [7, 11) is 0. The predicted octanol–water partition coefficient (Wildman–Crippen LogP) is -0.731. The van der Waals surface area contributed by atoms with Crippen LogP contribution in [0.4, 0.5) is 0 Å². The van der Waals surface area contributed by atoms with Crippen LogP contribution in [0.2, 0.25) is 0 Å². The zero-order valence-electron chi connectivity index (χ0n) is 17.3. The summed E-state index contributed by atoms with van der Waals surface area (Å²) in [4.78, 5) is 4.25. The lowest BCUT2D eigenvalue weighted by atomic mass is 9.54. The first-order chi connectivity index (χ1) is 14.9. The first-order valence-corrected chi connectivity index (χ1v) is 10.9. The predicted molar refractivity (Wildman–Crippen MR) is 114 cm³/mol. The van der Waals surface area contributed by atoms with E-state index in [0.29, 0.717) is 26.2 Å². The lowest BCUT2D eigenvalue weighted by Crippen LogP contribution is -2.85. The molecule has 0 unspecified atom stereocenters. The number of nitrogens with zero attached hydrogens (tertiary/aromatic N) is 2. The molecule has 3 atom stereocenters. The van der Waals surface area contributed by atoms with Gasteiger partial charge in [0.25, 0.3) is 0 Å². The molecule has 2 aromatic carbocycles. The monoisotopic (exact) mass is 426 g/mol. The van der Waals surface area contributed by atoms with Gasteiger partial charge in [0, 0.05) is 37.0 Å². The molecule has 166 valence electrons. The van der Waals surface area contributed by atoms with Gasteiger partial charge >= 0.3 is 0 Å². The van der Waals surface area contributed by atoms with E-state index in [1.165, 1.54) is 0 Å². The zero-order valence-corrected chi connectivity index (χ0v) is 17.3. The van der Waals surface area contributed by atoms with E-state index in [9.17, 15) is 25.5 Å². The van der Waals surface area contributed by atoms with Crippen LogP contribution in [0.3, 0.4) is 0 Å². The third-order valence-corrected chi connectivity index (χ3v) is 7.67. The van der Waals surface area contributed by atoms with Crippen molar-refractivity contribution in [3.8, 4) is 0 Å². The largest absolute Gasteiger partial charge is 0.394 e. The summed E-state index contributed by atoms with van der Waals surface area (Å²) in [6.45, 7) is 1.52. The molecule has 4 aliphatic rings. The van der Waals surface area contributed by atoms with Gasteiger partial charge in [0.15, 0.2) is 0 Å². The molecule has 0 saturated carbocycles. The molecular weight excluding hydrogens is 396 g/mol. The number of rotatable bonds is 6. The van der Waals surface area contributed by atoms with Crippen molar-refractivity contribution in [1.82, 2.24) is 9.80 Å². The third-order valence-electron chi connectivity index (χ3n) is 7.67. The van der Waals surface area contributed by atoms with Crippen molar-refractivity contribution < 1.29 is 25.5 Å². The zero-order chi connectivity index (χ0) is 21.8. The van der Waals surface area contributed by atoms with Crippen LogP contribution in [0.15, 0.2) is 60.7 Å². The smallest absolute Gasteiger partial charge is 0.111 e. The van der Waals surface area contributed by atoms with Crippen LogP contribution in [0, 0.1) is 0 Å². The van der Waals surface area contributed by atoms with E-state index in [2.05, 4.69) is 9.80 Å². The summed E-state index contributed by atoms with van der Waals surface area (Å²) in [5.41, 5.74) is 1.04. The Bertz CT molecular complexity index is 835. The van der Waals surface area contributed by atoms with Crippen LogP contribution in [-0.2, 0) is 10.8 Å². The van der Waals surface area contributed by atoms with E-state index >= 15 is 0 Å². The maximum Gasteiger partial charge on any atom is 0.111 e. The summed E-state index contributed by atoms with van der Waals surface area (Å²) in [5, 5.41) is 52.4. The standard InChI is InChI=1S/C24H30N2O5/c27-11-18(28)19(29)20(30)21-25-12-23(16-7-3-1-4-8-16)13-26(21)15-24(14-25,22(23)31)17-9-5-2-6-10-17/h1-10,18-22,27-31H,11-15H2/t18-,19-,20-,21?,22?,23?,24?/m1/s1. The first kappa shape index (κ1) is 21.0. The van der Waals surface area contributed by atoms with Crippen molar-refractivity contribution >= 4 is 0 Å². The molecule has 2 aromatic rings. The quantitative estimate of drug-likeness (QED) is 0.415. The molecule has 4 saturated heterocycles. The highest BCUT2D eigenvalue weighted by molar-refractivity contribution is 5.42. The molecule has 0 radical (unpaired) electrons. The van der Waals surface area contributed by atoms with E-state index in [1.807, 2.05) is 60.7 Å². The van der Waals surface area contributed by atoms with Gasteiger partial charge in [-0.25, -0.2) is 0 Å². The molecule has 5 N–H and O–H groups in total. The lowest BCUT2D eigenvalue weighted by Gasteiger charge is -2.70. The number of aliphatic hydroxyl groups is 5. The Hall–Kier alpha value is -1.84. The Labute approximate surface area is 181 Å². The molecule has 7 nitrogen and oxygen atoms in total. The maximum atomic E-state index is 11.9. The van der Waals surface area contributed by atoms with Gasteiger partial charge in [0.1, 0.15) is 18.3 Å². The topological polar surface area (TPSA) is 108 Å². The SMILES string of the molecule is OC[C@@H](O)[C@@H](O)[C@@H](O)C1N2CC3(c4ccccc4)CN1CC(c1ccccc1)(C2)C3O. The molecule has 6 rings (SSSR count). The van der Waals surface area contributed by atoms with Crippen LogP contribution in [0.25, 0.3) is 0 Å². The van der Waals surface area contributed by atoms with Gasteiger partial charge in [-0.3, -0.25) is 9.80 Å². The first-order valence-electron chi connectivity index (χ1n) is 10.9. The molecule has 7 heteroatoms. The number of aliphatic hydroxyl groups excluding tert-OH is 5. The molecule has 4 bridgehead atoms. The van der Waals surface area contributed by atoms with Gasteiger partial charge in [0.05, 0.1) is 18.9 Å². The molecule has 0 aliphatic carbocycles. The molecule has 0 amide bonds. The highest BCUT2D eigenvalue weighted by Gasteiger charge is 2.67. The third kappa shape index (κ3) is 3.00. The summed E-state index contributed by atoms with van der Waals surface area (Å²) in [5.74, 6) is 0. The fraction of sp³-hybridized carbons (Fsp3) is 0.500. The number of hydrogen-bond donors (Lipinski definition) is 5. The normalized spacial score (nSPS) is 39.3. The molecule has 4 heterocycles. The average Bonchev–Trinajstić information content (AvgIpc) is 2.81. The van der Waals surface area contributed by atoms with Crippen molar-refractivity contribution in [2.45, 2.75) is 41.4 Å². The Morgan fingerprint density at radius 1 is 0.774 bits per heavy atom. The second kappa shape index (κ2) is 7.64. The molecular formula is C24H30N2O5. The minimum atomic E-state index is -1.46. The second-order valence-electron chi connectivity index (χ2n) is 9.40.